The average Bonchev–Trinajstić information content (AvgIpc) is 2.29. The number of nitrogen functional groups attached to an aromatic ring is 1. The van der Waals surface area contributed by atoms with Crippen molar-refractivity contribution < 1.29 is 0 Å². The third-order valence-corrected chi connectivity index (χ3v) is 2.73. The summed E-state index contributed by atoms with van der Waals surface area (Å²) in [5.74, 6) is 1.59. The van der Waals surface area contributed by atoms with Gasteiger partial charge in [-0.1, -0.05) is 6.08 Å². The van der Waals surface area contributed by atoms with Crippen molar-refractivity contribution in [1.29, 1.82) is 0 Å². The SMILES string of the molecule is C=CC1CCN(c2ncnc(N)n2)CC1. The Morgan fingerprint density at radius 1 is 1.40 bits per heavy atom. The molecule has 2 N–H and O–H groups in total. The fourth-order valence-corrected chi connectivity index (χ4v) is 1.79. The van der Waals surface area contributed by atoms with Gasteiger partial charge in [0.1, 0.15) is 6.33 Å². The van der Waals surface area contributed by atoms with Crippen LogP contribution in [0, 0.1) is 5.92 Å². The van der Waals surface area contributed by atoms with Crippen molar-refractivity contribution in [2.75, 3.05) is 23.7 Å². The first-order valence-electron chi connectivity index (χ1n) is 5.11. The highest BCUT2D eigenvalue weighted by Crippen LogP contribution is 2.20. The molecule has 0 unspecified atom stereocenters. The molecule has 2 rings (SSSR count). The molecular formula is C10H15N5. The summed E-state index contributed by atoms with van der Waals surface area (Å²) in [7, 11) is 0. The minimum Gasteiger partial charge on any atom is -0.368 e. The molecule has 0 aromatic carbocycles. The standard InChI is InChI=1S/C10H15N5/c1-2-8-3-5-15(6-4-8)10-13-7-12-9(11)14-10/h2,7-8H,1,3-6H2,(H2,11,12,13,14). The van der Waals surface area contributed by atoms with Gasteiger partial charge < -0.3 is 10.6 Å². The number of hydrogen-bond acceptors (Lipinski definition) is 5. The molecule has 0 radical (unpaired) electrons. The summed E-state index contributed by atoms with van der Waals surface area (Å²) in [5, 5.41) is 0. The predicted octanol–water partition coefficient (Wildman–Crippen LogP) is 0.856. The summed E-state index contributed by atoms with van der Waals surface area (Å²) < 4.78 is 0. The van der Waals surface area contributed by atoms with E-state index in [1.165, 1.54) is 6.33 Å². The number of rotatable bonds is 2. The maximum atomic E-state index is 5.51. The van der Waals surface area contributed by atoms with Crippen LogP contribution in [-0.2, 0) is 0 Å². The third-order valence-electron chi connectivity index (χ3n) is 2.73. The lowest BCUT2D eigenvalue weighted by molar-refractivity contribution is 0.474. The second-order valence-electron chi connectivity index (χ2n) is 3.70. The summed E-state index contributed by atoms with van der Waals surface area (Å²) in [4.78, 5) is 14.1. The van der Waals surface area contributed by atoms with Crippen LogP contribution in [0.15, 0.2) is 19.0 Å². The van der Waals surface area contributed by atoms with E-state index >= 15 is 0 Å². The zero-order chi connectivity index (χ0) is 10.7. The Balaban J connectivity index is 2.04. The predicted molar refractivity (Wildman–Crippen MR) is 59.4 cm³/mol. The molecule has 0 bridgehead atoms. The molecule has 5 nitrogen and oxygen atoms in total. The van der Waals surface area contributed by atoms with Crippen LogP contribution in [-0.4, -0.2) is 28.0 Å². The molecule has 1 aromatic heterocycles. The van der Waals surface area contributed by atoms with E-state index in [9.17, 15) is 0 Å². The highest BCUT2D eigenvalue weighted by molar-refractivity contribution is 5.33. The van der Waals surface area contributed by atoms with Crippen molar-refractivity contribution in [3.05, 3.63) is 19.0 Å². The molecule has 80 valence electrons. The molecule has 0 saturated carbocycles. The number of allylic oxidation sites excluding steroid dienone is 1. The van der Waals surface area contributed by atoms with Gasteiger partial charge in [-0.05, 0) is 18.8 Å². The monoisotopic (exact) mass is 205 g/mol. The molecule has 0 spiro atoms. The quantitative estimate of drug-likeness (QED) is 0.725. The maximum Gasteiger partial charge on any atom is 0.230 e. The molecule has 1 fully saturated rings. The van der Waals surface area contributed by atoms with Crippen LogP contribution in [0.4, 0.5) is 11.9 Å². The number of nitrogens with two attached hydrogens (primary N) is 1. The van der Waals surface area contributed by atoms with Crippen LogP contribution in [0.3, 0.4) is 0 Å². The van der Waals surface area contributed by atoms with Crippen molar-refractivity contribution in [3.63, 3.8) is 0 Å². The molecule has 0 amide bonds. The summed E-state index contributed by atoms with van der Waals surface area (Å²) in [6, 6.07) is 0. The van der Waals surface area contributed by atoms with Gasteiger partial charge in [0.2, 0.25) is 11.9 Å². The number of anilines is 2. The van der Waals surface area contributed by atoms with E-state index in [2.05, 4.69) is 26.4 Å². The molecule has 1 aliphatic rings. The first-order valence-corrected chi connectivity index (χ1v) is 5.11. The van der Waals surface area contributed by atoms with Crippen LogP contribution in [0.1, 0.15) is 12.8 Å². The Kier molecular flexibility index (Phi) is 2.80. The van der Waals surface area contributed by atoms with Crippen LogP contribution in [0.2, 0.25) is 0 Å². The lowest BCUT2D eigenvalue weighted by Crippen LogP contribution is -2.34. The molecule has 15 heavy (non-hydrogen) atoms. The van der Waals surface area contributed by atoms with Crippen LogP contribution >= 0.6 is 0 Å². The van der Waals surface area contributed by atoms with E-state index in [4.69, 9.17) is 5.73 Å². The molecule has 2 heterocycles. The topological polar surface area (TPSA) is 67.9 Å². The van der Waals surface area contributed by atoms with Gasteiger partial charge in [0, 0.05) is 13.1 Å². The van der Waals surface area contributed by atoms with E-state index in [0.29, 0.717) is 11.9 Å². The van der Waals surface area contributed by atoms with Crippen LogP contribution in [0.5, 0.6) is 0 Å². The van der Waals surface area contributed by atoms with Crippen molar-refractivity contribution in [2.45, 2.75) is 12.8 Å². The van der Waals surface area contributed by atoms with Crippen LogP contribution in [0.25, 0.3) is 0 Å². The van der Waals surface area contributed by atoms with Crippen molar-refractivity contribution in [2.24, 2.45) is 5.92 Å². The lowest BCUT2D eigenvalue weighted by Gasteiger charge is -2.30. The smallest absolute Gasteiger partial charge is 0.230 e. The number of aromatic nitrogens is 3. The first-order chi connectivity index (χ1) is 7.29. The van der Waals surface area contributed by atoms with Gasteiger partial charge in [-0.25, -0.2) is 9.97 Å². The minimum absolute atomic E-state index is 0.283. The number of hydrogen-bond donors (Lipinski definition) is 1. The highest BCUT2D eigenvalue weighted by atomic mass is 15.3. The summed E-state index contributed by atoms with van der Waals surface area (Å²) in [5.41, 5.74) is 5.51. The van der Waals surface area contributed by atoms with E-state index < -0.39 is 0 Å². The number of nitrogens with zero attached hydrogens (tertiary/aromatic N) is 4. The van der Waals surface area contributed by atoms with Gasteiger partial charge >= 0.3 is 0 Å². The molecule has 1 aliphatic heterocycles. The summed E-state index contributed by atoms with van der Waals surface area (Å²) >= 11 is 0. The largest absolute Gasteiger partial charge is 0.368 e. The zero-order valence-corrected chi connectivity index (χ0v) is 8.63. The normalized spacial score (nSPS) is 17.7. The fourth-order valence-electron chi connectivity index (χ4n) is 1.79. The van der Waals surface area contributed by atoms with Gasteiger partial charge in [0.05, 0.1) is 0 Å². The molecule has 0 atom stereocenters. The summed E-state index contributed by atoms with van der Waals surface area (Å²) in [6.45, 7) is 5.73. The second-order valence-corrected chi connectivity index (χ2v) is 3.70. The molecule has 1 saturated heterocycles. The molecule has 1 aromatic rings. The lowest BCUT2D eigenvalue weighted by atomic mass is 9.97. The second kappa shape index (κ2) is 4.25. The fraction of sp³-hybridized carbons (Fsp3) is 0.500. The zero-order valence-electron chi connectivity index (χ0n) is 8.63. The maximum absolute atomic E-state index is 5.51. The molecule has 5 heteroatoms. The Morgan fingerprint density at radius 2 is 2.13 bits per heavy atom. The number of piperidine rings is 1. The summed E-state index contributed by atoms with van der Waals surface area (Å²) in [6.07, 6.45) is 5.69. The molecule has 0 aliphatic carbocycles. The van der Waals surface area contributed by atoms with Gasteiger partial charge in [0.15, 0.2) is 0 Å². The Bertz CT molecular complexity index is 343. The van der Waals surface area contributed by atoms with E-state index in [1.54, 1.807) is 0 Å². The molecular weight excluding hydrogens is 190 g/mol. The Hall–Kier alpha value is -1.65. The van der Waals surface area contributed by atoms with Gasteiger partial charge in [-0.3, -0.25) is 0 Å². The Labute approximate surface area is 89.0 Å². The third kappa shape index (κ3) is 2.23. The van der Waals surface area contributed by atoms with Crippen molar-refractivity contribution >= 4 is 11.9 Å². The van der Waals surface area contributed by atoms with Crippen molar-refractivity contribution in [3.8, 4) is 0 Å². The minimum atomic E-state index is 0.283. The highest BCUT2D eigenvalue weighted by Gasteiger charge is 2.18. The van der Waals surface area contributed by atoms with Crippen molar-refractivity contribution in [1.82, 2.24) is 15.0 Å². The first kappa shape index (κ1) is 9.89. The van der Waals surface area contributed by atoms with Gasteiger partial charge in [-0.15, -0.1) is 6.58 Å². The van der Waals surface area contributed by atoms with Crippen LogP contribution < -0.4 is 10.6 Å². The van der Waals surface area contributed by atoms with Gasteiger partial charge in [0.25, 0.3) is 0 Å². The Morgan fingerprint density at radius 3 is 2.73 bits per heavy atom. The average molecular weight is 205 g/mol. The van der Waals surface area contributed by atoms with E-state index in [0.717, 1.165) is 25.9 Å². The van der Waals surface area contributed by atoms with E-state index in [1.807, 2.05) is 6.08 Å². The van der Waals surface area contributed by atoms with E-state index in [-0.39, 0.29) is 5.95 Å². The van der Waals surface area contributed by atoms with Gasteiger partial charge in [-0.2, -0.15) is 4.98 Å².